The Morgan fingerprint density at radius 3 is 2.35 bits per heavy atom. The molecule has 1 saturated heterocycles. The van der Waals surface area contributed by atoms with Crippen molar-refractivity contribution in [1.82, 2.24) is 5.32 Å². The van der Waals surface area contributed by atoms with Crippen molar-refractivity contribution in [2.24, 2.45) is 0 Å². The van der Waals surface area contributed by atoms with Gasteiger partial charge in [-0.05, 0) is 48.9 Å². The van der Waals surface area contributed by atoms with E-state index in [9.17, 15) is 9.59 Å². The molecule has 26 heavy (non-hydrogen) atoms. The molecule has 6 heteroatoms. The fourth-order valence-corrected chi connectivity index (χ4v) is 3.29. The molecule has 1 aliphatic heterocycles. The number of para-hydroxylation sites is 2. The maximum atomic E-state index is 11.7. The molecule has 0 atom stereocenters. The normalized spacial score (nSPS) is 15.2. The van der Waals surface area contributed by atoms with Gasteiger partial charge < -0.3 is 9.47 Å². The third kappa shape index (κ3) is 4.26. The number of amides is 2. The molecule has 0 aliphatic carbocycles. The first-order valence-corrected chi connectivity index (χ1v) is 9.02. The van der Waals surface area contributed by atoms with Crippen molar-refractivity contribution in [3.05, 3.63) is 64.1 Å². The lowest BCUT2D eigenvalue weighted by Crippen LogP contribution is -2.17. The van der Waals surface area contributed by atoms with Crippen LogP contribution in [0.5, 0.6) is 11.5 Å². The van der Waals surface area contributed by atoms with E-state index in [4.69, 9.17) is 9.47 Å². The second-order valence-corrected chi connectivity index (χ2v) is 6.82. The van der Waals surface area contributed by atoms with E-state index in [1.54, 1.807) is 6.08 Å². The maximum absolute atomic E-state index is 11.7. The zero-order valence-electron chi connectivity index (χ0n) is 14.6. The van der Waals surface area contributed by atoms with Crippen molar-refractivity contribution in [3.63, 3.8) is 0 Å². The Morgan fingerprint density at radius 2 is 1.65 bits per heavy atom. The molecular weight excluding hydrogens is 350 g/mol. The predicted molar refractivity (Wildman–Crippen MR) is 102 cm³/mol. The van der Waals surface area contributed by atoms with Crippen molar-refractivity contribution >= 4 is 29.0 Å². The highest BCUT2D eigenvalue weighted by Gasteiger charge is 2.25. The Balaban J connectivity index is 1.63. The van der Waals surface area contributed by atoms with Crippen molar-refractivity contribution in [3.8, 4) is 11.5 Å². The predicted octanol–water partition coefficient (Wildman–Crippen LogP) is 4.09. The first-order chi connectivity index (χ1) is 12.5. The number of rotatable bonds is 6. The summed E-state index contributed by atoms with van der Waals surface area (Å²) in [6.45, 7) is 4.79. The lowest BCUT2D eigenvalue weighted by atomic mass is 10.1. The van der Waals surface area contributed by atoms with E-state index in [1.807, 2.05) is 56.3 Å². The number of carbonyl (C=O) groups excluding carboxylic acids is 2. The van der Waals surface area contributed by atoms with Gasteiger partial charge in [-0.15, -0.1) is 0 Å². The van der Waals surface area contributed by atoms with Crippen LogP contribution in [0.3, 0.4) is 0 Å². The summed E-state index contributed by atoms with van der Waals surface area (Å²) in [5.41, 5.74) is 2.92. The van der Waals surface area contributed by atoms with Gasteiger partial charge in [0, 0.05) is 5.56 Å². The summed E-state index contributed by atoms with van der Waals surface area (Å²) in [5.74, 6) is 1.13. The largest absolute Gasteiger partial charge is 0.489 e. The SMILES string of the molecule is Cc1cccc(C)c1OCCOc1ccccc1C=C1SC(=O)NC1=O. The van der Waals surface area contributed by atoms with Crippen LogP contribution in [0.4, 0.5) is 4.79 Å². The van der Waals surface area contributed by atoms with E-state index in [1.165, 1.54) is 0 Å². The summed E-state index contributed by atoms with van der Waals surface area (Å²) in [6, 6.07) is 13.4. The van der Waals surface area contributed by atoms with Gasteiger partial charge in [0.2, 0.25) is 0 Å². The molecule has 1 aliphatic rings. The van der Waals surface area contributed by atoms with Crippen LogP contribution >= 0.6 is 11.8 Å². The Bertz CT molecular complexity index is 856. The lowest BCUT2D eigenvalue weighted by molar-refractivity contribution is -0.115. The van der Waals surface area contributed by atoms with Gasteiger partial charge in [0.25, 0.3) is 11.1 Å². The standard InChI is InChI=1S/C20H19NO4S/c1-13-6-5-7-14(2)18(13)25-11-10-24-16-9-4-3-8-15(16)12-17-19(22)21-20(23)26-17/h3-9,12H,10-11H2,1-2H3,(H,21,22,23). The molecule has 0 unspecified atom stereocenters. The maximum Gasteiger partial charge on any atom is 0.290 e. The molecule has 5 nitrogen and oxygen atoms in total. The molecule has 2 aromatic rings. The minimum Gasteiger partial charge on any atom is -0.489 e. The number of carbonyl (C=O) groups is 2. The summed E-state index contributed by atoms with van der Waals surface area (Å²) < 4.78 is 11.7. The molecule has 0 bridgehead atoms. The van der Waals surface area contributed by atoms with Gasteiger partial charge >= 0.3 is 0 Å². The van der Waals surface area contributed by atoms with E-state index in [2.05, 4.69) is 5.32 Å². The Morgan fingerprint density at radius 1 is 0.962 bits per heavy atom. The van der Waals surface area contributed by atoms with Crippen molar-refractivity contribution in [2.45, 2.75) is 13.8 Å². The lowest BCUT2D eigenvalue weighted by Gasteiger charge is -2.13. The number of aryl methyl sites for hydroxylation is 2. The molecule has 2 amide bonds. The first-order valence-electron chi connectivity index (χ1n) is 8.20. The molecular formula is C20H19NO4S. The van der Waals surface area contributed by atoms with E-state index in [0.29, 0.717) is 23.9 Å². The zero-order chi connectivity index (χ0) is 18.5. The molecule has 0 aromatic heterocycles. The van der Waals surface area contributed by atoms with Gasteiger partial charge in [0.15, 0.2) is 0 Å². The van der Waals surface area contributed by atoms with Crippen molar-refractivity contribution in [1.29, 1.82) is 0 Å². The second-order valence-electron chi connectivity index (χ2n) is 5.81. The third-order valence-electron chi connectivity index (χ3n) is 3.84. The average molecular weight is 369 g/mol. The number of thioether (sulfide) groups is 1. The summed E-state index contributed by atoms with van der Waals surface area (Å²) in [5, 5.41) is 1.88. The average Bonchev–Trinajstić information content (AvgIpc) is 2.92. The van der Waals surface area contributed by atoms with Gasteiger partial charge in [-0.25, -0.2) is 0 Å². The summed E-state index contributed by atoms with van der Waals surface area (Å²) in [7, 11) is 0. The fraction of sp³-hybridized carbons (Fsp3) is 0.200. The molecule has 1 fully saturated rings. The van der Waals surface area contributed by atoms with Gasteiger partial charge in [0.05, 0.1) is 4.91 Å². The third-order valence-corrected chi connectivity index (χ3v) is 4.65. The van der Waals surface area contributed by atoms with Crippen molar-refractivity contribution in [2.75, 3.05) is 13.2 Å². The van der Waals surface area contributed by atoms with Crippen LogP contribution in [-0.4, -0.2) is 24.4 Å². The van der Waals surface area contributed by atoms with Crippen LogP contribution in [0.25, 0.3) is 6.08 Å². The molecule has 0 spiro atoms. The minimum atomic E-state index is -0.381. The highest BCUT2D eigenvalue weighted by molar-refractivity contribution is 8.18. The van der Waals surface area contributed by atoms with Gasteiger partial charge in [-0.2, -0.15) is 0 Å². The van der Waals surface area contributed by atoms with Crippen LogP contribution in [0.2, 0.25) is 0 Å². The number of ether oxygens (including phenoxy) is 2. The highest BCUT2D eigenvalue weighted by Crippen LogP contribution is 2.29. The first kappa shape index (κ1) is 18.1. The highest BCUT2D eigenvalue weighted by atomic mass is 32.2. The molecule has 0 saturated carbocycles. The van der Waals surface area contributed by atoms with E-state index >= 15 is 0 Å². The fourth-order valence-electron chi connectivity index (χ4n) is 2.62. The monoisotopic (exact) mass is 369 g/mol. The second kappa shape index (κ2) is 8.10. The van der Waals surface area contributed by atoms with Crippen LogP contribution in [0.1, 0.15) is 16.7 Å². The molecule has 2 aromatic carbocycles. The number of hydrogen-bond donors (Lipinski definition) is 1. The van der Waals surface area contributed by atoms with E-state index < -0.39 is 0 Å². The number of nitrogens with one attached hydrogen (secondary N) is 1. The topological polar surface area (TPSA) is 64.6 Å². The summed E-state index contributed by atoms with van der Waals surface area (Å²) in [6.07, 6.45) is 1.66. The molecule has 1 heterocycles. The quantitative estimate of drug-likeness (QED) is 0.614. The van der Waals surface area contributed by atoms with Crippen LogP contribution in [0, 0.1) is 13.8 Å². The van der Waals surface area contributed by atoms with Gasteiger partial charge in [-0.1, -0.05) is 36.4 Å². The Hall–Kier alpha value is -2.73. The van der Waals surface area contributed by atoms with Gasteiger partial charge in [-0.3, -0.25) is 14.9 Å². The van der Waals surface area contributed by atoms with Crippen LogP contribution in [-0.2, 0) is 4.79 Å². The number of benzene rings is 2. The van der Waals surface area contributed by atoms with E-state index in [-0.39, 0.29) is 11.1 Å². The Kier molecular flexibility index (Phi) is 5.63. The number of hydrogen-bond acceptors (Lipinski definition) is 5. The zero-order valence-corrected chi connectivity index (χ0v) is 15.4. The molecule has 134 valence electrons. The summed E-state index contributed by atoms with van der Waals surface area (Å²) in [4.78, 5) is 23.3. The van der Waals surface area contributed by atoms with E-state index in [0.717, 1.165) is 34.2 Å². The molecule has 1 N–H and O–H groups in total. The van der Waals surface area contributed by atoms with Crippen LogP contribution in [0.15, 0.2) is 47.4 Å². The number of imide groups is 1. The molecule has 0 radical (unpaired) electrons. The summed E-state index contributed by atoms with van der Waals surface area (Å²) >= 11 is 0.887. The smallest absolute Gasteiger partial charge is 0.290 e. The van der Waals surface area contributed by atoms with Gasteiger partial charge in [0.1, 0.15) is 24.7 Å². The minimum absolute atomic E-state index is 0.359. The Labute approximate surface area is 156 Å². The molecule has 3 rings (SSSR count). The van der Waals surface area contributed by atoms with Crippen molar-refractivity contribution < 1.29 is 19.1 Å². The van der Waals surface area contributed by atoms with Crippen LogP contribution < -0.4 is 14.8 Å².